The molecule has 0 aromatic carbocycles. The highest BCUT2D eigenvalue weighted by Crippen LogP contribution is 2.39. The average Bonchev–Trinajstić information content (AvgIpc) is 3.06. The Morgan fingerprint density at radius 3 is 2.82 bits per heavy atom. The number of carbonyl (C=O) groups is 1. The van der Waals surface area contributed by atoms with Gasteiger partial charge in [-0.1, -0.05) is 12.8 Å². The van der Waals surface area contributed by atoms with E-state index in [1.807, 2.05) is 6.20 Å². The topological polar surface area (TPSA) is 70.7 Å². The number of fused-ring (bicyclic) bond motifs is 1. The van der Waals surface area contributed by atoms with E-state index in [-0.39, 0.29) is 11.9 Å². The largest absolute Gasteiger partial charge is 0.349 e. The van der Waals surface area contributed by atoms with Crippen LogP contribution in [0.4, 0.5) is 0 Å². The number of amides is 1. The summed E-state index contributed by atoms with van der Waals surface area (Å²) in [6, 6.07) is 0.222. The molecule has 0 aliphatic heterocycles. The van der Waals surface area contributed by atoms with E-state index in [0.29, 0.717) is 28.6 Å². The summed E-state index contributed by atoms with van der Waals surface area (Å²) in [5, 5.41) is 3.15. The van der Waals surface area contributed by atoms with Gasteiger partial charge in [0.15, 0.2) is 5.65 Å². The normalized spacial score (nSPS) is 20.4. The first-order valence-corrected chi connectivity index (χ1v) is 8.37. The Kier molecular flexibility index (Phi) is 3.36. The second-order valence-electron chi connectivity index (χ2n) is 6.78. The van der Waals surface area contributed by atoms with Gasteiger partial charge in [0.25, 0.3) is 5.91 Å². The minimum Gasteiger partial charge on any atom is -0.349 e. The molecule has 2 N–H and O–H groups in total. The van der Waals surface area contributed by atoms with Gasteiger partial charge in [0.2, 0.25) is 0 Å². The maximum atomic E-state index is 12.6. The van der Waals surface area contributed by atoms with Crippen LogP contribution in [-0.4, -0.2) is 26.9 Å². The molecule has 2 aromatic rings. The summed E-state index contributed by atoms with van der Waals surface area (Å²) >= 11 is 0. The molecule has 1 amide bonds. The van der Waals surface area contributed by atoms with E-state index in [0.717, 1.165) is 5.69 Å². The fourth-order valence-electron chi connectivity index (χ4n) is 3.51. The highest BCUT2D eigenvalue weighted by molar-refractivity contribution is 6.04. The maximum Gasteiger partial charge on any atom is 0.255 e. The molecule has 2 aliphatic rings. The van der Waals surface area contributed by atoms with Crippen molar-refractivity contribution in [3.05, 3.63) is 23.7 Å². The first-order valence-electron chi connectivity index (χ1n) is 8.37. The molecular formula is C17H22N4O. The Hall–Kier alpha value is -1.91. The van der Waals surface area contributed by atoms with Crippen molar-refractivity contribution in [3.63, 3.8) is 0 Å². The van der Waals surface area contributed by atoms with Gasteiger partial charge in [-0.2, -0.15) is 0 Å². The van der Waals surface area contributed by atoms with Crippen LogP contribution in [0.3, 0.4) is 0 Å². The second-order valence-corrected chi connectivity index (χ2v) is 6.78. The Morgan fingerprint density at radius 1 is 1.32 bits per heavy atom. The summed E-state index contributed by atoms with van der Waals surface area (Å²) in [5.74, 6) is 1.12. The smallest absolute Gasteiger partial charge is 0.255 e. The van der Waals surface area contributed by atoms with E-state index in [4.69, 9.17) is 0 Å². The van der Waals surface area contributed by atoms with Gasteiger partial charge in [0.1, 0.15) is 5.52 Å². The van der Waals surface area contributed by atoms with Crippen molar-refractivity contribution >= 4 is 17.1 Å². The summed E-state index contributed by atoms with van der Waals surface area (Å²) in [6.45, 7) is 2.12. The van der Waals surface area contributed by atoms with Crippen LogP contribution in [0.1, 0.15) is 67.4 Å². The van der Waals surface area contributed by atoms with E-state index in [2.05, 4.69) is 27.2 Å². The summed E-state index contributed by atoms with van der Waals surface area (Å²) in [5.41, 5.74) is 3.04. The molecule has 4 rings (SSSR count). The molecule has 1 atom stereocenters. The van der Waals surface area contributed by atoms with E-state index in [1.54, 1.807) is 6.20 Å². The zero-order chi connectivity index (χ0) is 15.1. The lowest BCUT2D eigenvalue weighted by atomic mass is 9.99. The fourth-order valence-corrected chi connectivity index (χ4v) is 3.51. The monoisotopic (exact) mass is 298 g/mol. The second kappa shape index (κ2) is 5.38. The Bertz CT molecular complexity index is 698. The van der Waals surface area contributed by atoms with Crippen LogP contribution in [0.15, 0.2) is 12.4 Å². The molecule has 2 fully saturated rings. The third-order valence-corrected chi connectivity index (χ3v) is 5.11. The lowest BCUT2D eigenvalue weighted by Crippen LogP contribution is -2.37. The van der Waals surface area contributed by atoms with Crippen LogP contribution >= 0.6 is 0 Å². The van der Waals surface area contributed by atoms with Crippen LogP contribution in [0.2, 0.25) is 0 Å². The summed E-state index contributed by atoms with van der Waals surface area (Å²) in [7, 11) is 0. The van der Waals surface area contributed by atoms with Gasteiger partial charge in [-0.15, -0.1) is 0 Å². The van der Waals surface area contributed by atoms with E-state index in [1.165, 1.54) is 38.5 Å². The van der Waals surface area contributed by atoms with Crippen molar-refractivity contribution in [2.24, 2.45) is 5.92 Å². The van der Waals surface area contributed by atoms with Crippen LogP contribution in [-0.2, 0) is 0 Å². The lowest BCUT2D eigenvalue weighted by molar-refractivity contribution is 0.0929. The number of hydrogen-bond acceptors (Lipinski definition) is 3. The van der Waals surface area contributed by atoms with E-state index < -0.39 is 0 Å². The van der Waals surface area contributed by atoms with Crippen molar-refractivity contribution in [2.75, 3.05) is 0 Å². The number of nitrogens with one attached hydrogen (secondary N) is 2. The van der Waals surface area contributed by atoms with Crippen LogP contribution in [0.5, 0.6) is 0 Å². The number of aromatic amines is 1. The standard InChI is InChI=1S/C17H22N4O/c1-10(11-4-2-3-5-11)20-17(22)13-8-18-16-15(13)21-14(9-19-16)12-6-7-12/h8-12H,2-7H2,1H3,(H,18,19)(H,20,22). The third kappa shape index (κ3) is 2.49. The van der Waals surface area contributed by atoms with Crippen LogP contribution < -0.4 is 5.32 Å². The molecule has 5 nitrogen and oxygen atoms in total. The molecule has 116 valence electrons. The fraction of sp³-hybridized carbons (Fsp3) is 0.588. The Morgan fingerprint density at radius 2 is 2.09 bits per heavy atom. The minimum atomic E-state index is -0.0344. The number of aromatic nitrogens is 3. The minimum absolute atomic E-state index is 0.0344. The average molecular weight is 298 g/mol. The van der Waals surface area contributed by atoms with Crippen LogP contribution in [0.25, 0.3) is 11.2 Å². The third-order valence-electron chi connectivity index (χ3n) is 5.11. The summed E-state index contributed by atoms with van der Waals surface area (Å²) < 4.78 is 0. The van der Waals surface area contributed by atoms with E-state index in [9.17, 15) is 4.79 Å². The number of rotatable bonds is 4. The molecular weight excluding hydrogens is 276 g/mol. The van der Waals surface area contributed by atoms with Crippen molar-refractivity contribution < 1.29 is 4.79 Å². The first-order chi connectivity index (χ1) is 10.7. The number of hydrogen-bond donors (Lipinski definition) is 2. The first kappa shape index (κ1) is 13.7. The quantitative estimate of drug-likeness (QED) is 0.911. The molecule has 2 aromatic heterocycles. The predicted octanol–water partition coefficient (Wildman–Crippen LogP) is 3.14. The zero-order valence-electron chi connectivity index (χ0n) is 12.9. The summed E-state index contributed by atoms with van der Waals surface area (Å²) in [4.78, 5) is 24.7. The molecule has 2 saturated carbocycles. The summed E-state index contributed by atoms with van der Waals surface area (Å²) in [6.07, 6.45) is 11.0. The van der Waals surface area contributed by atoms with Gasteiger partial charge >= 0.3 is 0 Å². The molecule has 2 heterocycles. The van der Waals surface area contributed by atoms with Gasteiger partial charge in [0, 0.05) is 18.2 Å². The van der Waals surface area contributed by atoms with Crippen molar-refractivity contribution in [3.8, 4) is 0 Å². The number of nitrogens with zero attached hydrogens (tertiary/aromatic N) is 2. The molecule has 22 heavy (non-hydrogen) atoms. The van der Waals surface area contributed by atoms with Gasteiger partial charge in [0.05, 0.1) is 17.5 Å². The van der Waals surface area contributed by atoms with Crippen molar-refractivity contribution in [2.45, 2.75) is 57.4 Å². The number of H-pyrrole nitrogens is 1. The molecule has 1 unspecified atom stereocenters. The Labute approximate surface area is 129 Å². The van der Waals surface area contributed by atoms with Crippen molar-refractivity contribution in [1.29, 1.82) is 0 Å². The van der Waals surface area contributed by atoms with Gasteiger partial charge in [-0.25, -0.2) is 9.97 Å². The molecule has 0 saturated heterocycles. The van der Waals surface area contributed by atoms with Gasteiger partial charge in [-0.05, 0) is 38.5 Å². The molecule has 0 bridgehead atoms. The maximum absolute atomic E-state index is 12.6. The lowest BCUT2D eigenvalue weighted by Gasteiger charge is -2.20. The van der Waals surface area contributed by atoms with E-state index >= 15 is 0 Å². The van der Waals surface area contributed by atoms with Gasteiger partial charge < -0.3 is 10.3 Å². The molecule has 0 radical (unpaired) electrons. The molecule has 2 aliphatic carbocycles. The highest BCUT2D eigenvalue weighted by Gasteiger charge is 2.27. The zero-order valence-corrected chi connectivity index (χ0v) is 12.9. The molecule has 0 spiro atoms. The highest BCUT2D eigenvalue weighted by atomic mass is 16.1. The predicted molar refractivity (Wildman–Crippen MR) is 84.7 cm³/mol. The van der Waals surface area contributed by atoms with Gasteiger partial charge in [-0.3, -0.25) is 4.79 Å². The molecule has 5 heteroatoms. The van der Waals surface area contributed by atoms with Crippen molar-refractivity contribution in [1.82, 2.24) is 20.3 Å². The Balaban J connectivity index is 1.56. The SMILES string of the molecule is CC(NC(=O)c1c[nH]c2ncc(C3CC3)nc12)C1CCCC1. The van der Waals surface area contributed by atoms with Crippen LogP contribution in [0, 0.1) is 5.92 Å². The number of carbonyl (C=O) groups excluding carboxylic acids is 1.